The highest BCUT2D eigenvalue weighted by Gasteiger charge is 2.14. The molecule has 1 heterocycles. The monoisotopic (exact) mass is 367 g/mol. The van der Waals surface area contributed by atoms with Crippen molar-refractivity contribution in [2.45, 2.75) is 32.3 Å². The first kappa shape index (κ1) is 18.1. The van der Waals surface area contributed by atoms with E-state index in [4.69, 9.17) is 0 Å². The van der Waals surface area contributed by atoms with Crippen molar-refractivity contribution in [1.29, 1.82) is 0 Å². The second kappa shape index (κ2) is 8.14. The number of carbonyl (C=O) groups is 1. The molecule has 0 unspecified atom stereocenters. The molecule has 0 aliphatic rings. The van der Waals surface area contributed by atoms with E-state index < -0.39 is 0 Å². The molecule has 1 amide bonds. The van der Waals surface area contributed by atoms with Crippen molar-refractivity contribution in [3.05, 3.63) is 59.2 Å². The third kappa shape index (κ3) is 4.11. The highest BCUT2D eigenvalue weighted by atomic mass is 32.2. The standard InChI is InChI=1S/C19H21N5OS/c1-4-15-8-6-9-16(11-15)20-18(25)12-26-19-21-22-23-24(19)17-10-5-7-13(2)14(17)3/h5-11H,4,12H2,1-3H3,(H,20,25). The van der Waals surface area contributed by atoms with Crippen LogP contribution in [0, 0.1) is 13.8 Å². The lowest BCUT2D eigenvalue weighted by Gasteiger charge is -2.10. The lowest BCUT2D eigenvalue weighted by molar-refractivity contribution is -0.113. The molecule has 3 aromatic rings. The van der Waals surface area contributed by atoms with Crippen molar-refractivity contribution >= 4 is 23.4 Å². The second-order valence-corrected chi connectivity index (χ2v) is 6.93. The maximum Gasteiger partial charge on any atom is 0.234 e. The van der Waals surface area contributed by atoms with Gasteiger partial charge in [0.15, 0.2) is 0 Å². The van der Waals surface area contributed by atoms with E-state index in [0.717, 1.165) is 23.4 Å². The number of hydrogen-bond donors (Lipinski definition) is 1. The molecular formula is C19H21N5OS. The Morgan fingerprint density at radius 1 is 1.19 bits per heavy atom. The summed E-state index contributed by atoms with van der Waals surface area (Å²) in [5.41, 5.74) is 5.21. The average Bonchev–Trinajstić information content (AvgIpc) is 3.11. The van der Waals surface area contributed by atoms with Gasteiger partial charge in [0.05, 0.1) is 11.4 Å². The Hall–Kier alpha value is -2.67. The van der Waals surface area contributed by atoms with E-state index in [2.05, 4.69) is 27.8 Å². The van der Waals surface area contributed by atoms with Gasteiger partial charge in [0.1, 0.15) is 0 Å². The molecular weight excluding hydrogens is 346 g/mol. The zero-order valence-corrected chi connectivity index (χ0v) is 15.9. The van der Waals surface area contributed by atoms with Crippen molar-refractivity contribution in [2.75, 3.05) is 11.1 Å². The number of aryl methyl sites for hydroxylation is 2. The smallest absolute Gasteiger partial charge is 0.234 e. The predicted octanol–water partition coefficient (Wildman–Crippen LogP) is 3.57. The number of carbonyl (C=O) groups excluding carboxylic acids is 1. The van der Waals surface area contributed by atoms with Gasteiger partial charge in [0, 0.05) is 5.69 Å². The van der Waals surface area contributed by atoms with Crippen LogP contribution in [0.25, 0.3) is 5.69 Å². The topological polar surface area (TPSA) is 72.7 Å². The van der Waals surface area contributed by atoms with Gasteiger partial charge in [-0.05, 0) is 65.6 Å². The molecule has 0 atom stereocenters. The van der Waals surface area contributed by atoms with Gasteiger partial charge in [-0.2, -0.15) is 4.68 Å². The fourth-order valence-electron chi connectivity index (χ4n) is 2.58. The normalized spacial score (nSPS) is 10.7. The number of amides is 1. The molecule has 0 radical (unpaired) electrons. The Balaban J connectivity index is 1.68. The van der Waals surface area contributed by atoms with Crippen LogP contribution in [0.1, 0.15) is 23.6 Å². The number of nitrogens with one attached hydrogen (secondary N) is 1. The number of anilines is 1. The maximum atomic E-state index is 12.3. The molecule has 26 heavy (non-hydrogen) atoms. The third-order valence-corrected chi connectivity index (χ3v) is 5.12. The van der Waals surface area contributed by atoms with Crippen LogP contribution in [0.4, 0.5) is 5.69 Å². The van der Waals surface area contributed by atoms with Gasteiger partial charge in [-0.15, -0.1) is 5.10 Å². The van der Waals surface area contributed by atoms with E-state index in [1.54, 1.807) is 4.68 Å². The molecule has 134 valence electrons. The minimum absolute atomic E-state index is 0.0845. The number of nitrogens with zero attached hydrogens (tertiary/aromatic N) is 4. The van der Waals surface area contributed by atoms with Gasteiger partial charge in [-0.3, -0.25) is 4.79 Å². The Labute approximate surface area is 157 Å². The summed E-state index contributed by atoms with van der Waals surface area (Å²) in [7, 11) is 0. The largest absolute Gasteiger partial charge is 0.325 e. The molecule has 0 fully saturated rings. The first-order valence-electron chi connectivity index (χ1n) is 8.45. The van der Waals surface area contributed by atoms with Crippen molar-refractivity contribution in [3.63, 3.8) is 0 Å². The lowest BCUT2D eigenvalue weighted by Crippen LogP contribution is -2.14. The van der Waals surface area contributed by atoms with Crippen molar-refractivity contribution in [1.82, 2.24) is 20.2 Å². The molecule has 0 saturated heterocycles. The van der Waals surface area contributed by atoms with Crippen molar-refractivity contribution in [2.24, 2.45) is 0 Å². The van der Waals surface area contributed by atoms with Crippen molar-refractivity contribution < 1.29 is 4.79 Å². The summed E-state index contributed by atoms with van der Waals surface area (Å²) in [6, 6.07) is 13.9. The van der Waals surface area contributed by atoms with Crippen LogP contribution in [0.2, 0.25) is 0 Å². The van der Waals surface area contributed by atoms with Gasteiger partial charge < -0.3 is 5.32 Å². The van der Waals surface area contributed by atoms with Crippen LogP contribution in [0.3, 0.4) is 0 Å². The Morgan fingerprint density at radius 3 is 2.81 bits per heavy atom. The number of rotatable bonds is 6. The van der Waals surface area contributed by atoms with Gasteiger partial charge in [0.25, 0.3) is 0 Å². The first-order valence-corrected chi connectivity index (χ1v) is 9.43. The van der Waals surface area contributed by atoms with Crippen LogP contribution in [-0.4, -0.2) is 31.9 Å². The van der Waals surface area contributed by atoms with E-state index in [9.17, 15) is 4.79 Å². The molecule has 3 rings (SSSR count). The number of benzene rings is 2. The molecule has 0 spiro atoms. The Morgan fingerprint density at radius 2 is 2.00 bits per heavy atom. The van der Waals surface area contributed by atoms with E-state index in [1.807, 2.05) is 56.3 Å². The SMILES string of the molecule is CCc1cccc(NC(=O)CSc2nnnn2-c2cccc(C)c2C)c1. The summed E-state index contributed by atoms with van der Waals surface area (Å²) in [6.07, 6.45) is 0.934. The first-order chi connectivity index (χ1) is 12.6. The minimum atomic E-state index is -0.0845. The average molecular weight is 367 g/mol. The molecule has 6 nitrogen and oxygen atoms in total. The molecule has 0 bridgehead atoms. The molecule has 1 aromatic heterocycles. The van der Waals surface area contributed by atoms with Gasteiger partial charge in [0.2, 0.25) is 11.1 Å². The molecule has 0 aliphatic carbocycles. The van der Waals surface area contributed by atoms with E-state index in [1.165, 1.54) is 22.9 Å². The minimum Gasteiger partial charge on any atom is -0.325 e. The Kier molecular flexibility index (Phi) is 5.68. The quantitative estimate of drug-likeness (QED) is 0.674. The molecule has 2 aromatic carbocycles. The highest BCUT2D eigenvalue weighted by Crippen LogP contribution is 2.22. The lowest BCUT2D eigenvalue weighted by atomic mass is 10.1. The van der Waals surface area contributed by atoms with E-state index in [-0.39, 0.29) is 11.7 Å². The van der Waals surface area contributed by atoms with Gasteiger partial charge >= 0.3 is 0 Å². The highest BCUT2D eigenvalue weighted by molar-refractivity contribution is 7.99. The number of thioether (sulfide) groups is 1. The number of tetrazole rings is 1. The second-order valence-electron chi connectivity index (χ2n) is 5.98. The summed E-state index contributed by atoms with van der Waals surface area (Å²) in [5.74, 6) is 0.153. The van der Waals surface area contributed by atoms with Crippen LogP contribution in [0.5, 0.6) is 0 Å². The van der Waals surface area contributed by atoms with Gasteiger partial charge in [-0.25, -0.2) is 0 Å². The summed E-state index contributed by atoms with van der Waals surface area (Å²) in [6.45, 7) is 6.17. The molecule has 0 aliphatic heterocycles. The van der Waals surface area contributed by atoms with Crippen LogP contribution in [0.15, 0.2) is 47.6 Å². The van der Waals surface area contributed by atoms with Crippen LogP contribution < -0.4 is 5.32 Å². The third-order valence-electron chi connectivity index (χ3n) is 4.20. The summed E-state index contributed by atoms with van der Waals surface area (Å²) >= 11 is 1.32. The zero-order valence-electron chi connectivity index (χ0n) is 15.1. The molecule has 0 saturated carbocycles. The fraction of sp³-hybridized carbons (Fsp3) is 0.263. The van der Waals surface area contributed by atoms with E-state index >= 15 is 0 Å². The van der Waals surface area contributed by atoms with Crippen LogP contribution >= 0.6 is 11.8 Å². The Bertz CT molecular complexity index is 922. The maximum absolute atomic E-state index is 12.3. The van der Waals surface area contributed by atoms with Crippen molar-refractivity contribution in [3.8, 4) is 5.69 Å². The number of aromatic nitrogens is 4. The van der Waals surface area contributed by atoms with E-state index in [0.29, 0.717) is 5.16 Å². The summed E-state index contributed by atoms with van der Waals surface area (Å²) in [5, 5.41) is 15.4. The predicted molar refractivity (Wildman–Crippen MR) is 104 cm³/mol. The fourth-order valence-corrected chi connectivity index (χ4v) is 3.27. The molecule has 7 heteroatoms. The zero-order chi connectivity index (χ0) is 18.5. The number of hydrogen-bond acceptors (Lipinski definition) is 5. The van der Waals surface area contributed by atoms with Crippen LogP contribution in [-0.2, 0) is 11.2 Å². The molecule has 1 N–H and O–H groups in total. The summed E-state index contributed by atoms with van der Waals surface area (Å²) in [4.78, 5) is 12.3. The summed E-state index contributed by atoms with van der Waals surface area (Å²) < 4.78 is 1.68. The van der Waals surface area contributed by atoms with Gasteiger partial charge in [-0.1, -0.05) is 43.0 Å².